The Morgan fingerprint density at radius 3 is 2.52 bits per heavy atom. The zero-order chi connectivity index (χ0) is 22.8. The smallest absolute Gasteiger partial charge is 0.410 e. The number of fused-ring (bicyclic) bond motifs is 1. The predicted octanol–water partition coefficient (Wildman–Crippen LogP) is 5.52. The molecule has 7 heteroatoms. The molecule has 0 aromatic heterocycles. The Labute approximate surface area is 188 Å². The molecule has 166 valence electrons. The molecule has 1 aliphatic rings. The van der Waals surface area contributed by atoms with Gasteiger partial charge in [0, 0.05) is 12.2 Å². The maximum atomic E-state index is 13.5. The van der Waals surface area contributed by atoms with E-state index >= 15 is 0 Å². The molecule has 1 unspecified atom stereocenters. The molecule has 0 radical (unpaired) electrons. The van der Waals surface area contributed by atoms with Gasteiger partial charge < -0.3 is 14.4 Å². The average Bonchev–Trinajstić information content (AvgIpc) is 2.83. The largest absolute Gasteiger partial charge is 0.494 e. The van der Waals surface area contributed by atoms with Gasteiger partial charge >= 0.3 is 6.09 Å². The highest BCUT2D eigenvalue weighted by atomic mass is 35.5. The second-order valence-corrected chi connectivity index (χ2v) is 8.98. The summed E-state index contributed by atoms with van der Waals surface area (Å²) in [6.07, 6.45) is -0.400. The number of anilines is 1. The van der Waals surface area contributed by atoms with Crippen LogP contribution in [-0.4, -0.2) is 41.7 Å². The molecule has 6 nitrogen and oxygen atoms in total. The van der Waals surface area contributed by atoms with Crippen LogP contribution in [-0.2, 0) is 11.3 Å². The summed E-state index contributed by atoms with van der Waals surface area (Å²) in [5, 5.41) is 0.328. The van der Waals surface area contributed by atoms with E-state index < -0.39 is 11.7 Å². The van der Waals surface area contributed by atoms with Crippen molar-refractivity contribution in [3.63, 3.8) is 0 Å². The maximum Gasteiger partial charge on any atom is 0.410 e. The Kier molecular flexibility index (Phi) is 6.80. The molecule has 1 aliphatic heterocycles. The lowest BCUT2D eigenvalue weighted by atomic mass is 10.1. The van der Waals surface area contributed by atoms with Crippen molar-refractivity contribution in [2.24, 2.45) is 0 Å². The summed E-state index contributed by atoms with van der Waals surface area (Å²) in [5.41, 5.74) is 1.41. The minimum Gasteiger partial charge on any atom is -0.494 e. The average molecular weight is 445 g/mol. The van der Waals surface area contributed by atoms with Crippen molar-refractivity contribution in [1.82, 2.24) is 4.90 Å². The minimum atomic E-state index is -0.603. The van der Waals surface area contributed by atoms with Crippen LogP contribution >= 0.6 is 11.6 Å². The summed E-state index contributed by atoms with van der Waals surface area (Å²) in [5.74, 6) is 0.392. The highest BCUT2D eigenvalue weighted by Gasteiger charge is 2.34. The monoisotopic (exact) mass is 444 g/mol. The van der Waals surface area contributed by atoms with E-state index in [9.17, 15) is 9.59 Å². The van der Waals surface area contributed by atoms with Gasteiger partial charge in [0.15, 0.2) is 0 Å². The molecule has 0 fully saturated rings. The molecule has 2 aromatic rings. The van der Waals surface area contributed by atoms with Crippen LogP contribution in [0.5, 0.6) is 5.75 Å². The van der Waals surface area contributed by atoms with Crippen LogP contribution in [0, 0.1) is 0 Å². The summed E-state index contributed by atoms with van der Waals surface area (Å²) in [6, 6.07) is 12.4. The number of rotatable bonds is 3. The van der Waals surface area contributed by atoms with Gasteiger partial charge in [-0.15, -0.1) is 0 Å². The Hall–Kier alpha value is -2.73. The number of halogens is 1. The second kappa shape index (κ2) is 9.18. The SMILES string of the molecule is CCOc1ccc(C(=O)N2CC(C)N(C(=O)OC(C)(C)C)Cc3ccccc32)c(Cl)c1. The number of hydrogen-bond acceptors (Lipinski definition) is 4. The summed E-state index contributed by atoms with van der Waals surface area (Å²) in [4.78, 5) is 29.7. The van der Waals surface area contributed by atoms with Crippen LogP contribution in [0.1, 0.15) is 50.5 Å². The van der Waals surface area contributed by atoms with Crippen LogP contribution in [0.25, 0.3) is 0 Å². The number of benzene rings is 2. The predicted molar refractivity (Wildman–Crippen MR) is 122 cm³/mol. The van der Waals surface area contributed by atoms with E-state index in [2.05, 4.69) is 0 Å². The highest BCUT2D eigenvalue weighted by Crippen LogP contribution is 2.31. The molecular weight excluding hydrogens is 416 g/mol. The Balaban J connectivity index is 1.95. The molecule has 0 bridgehead atoms. The van der Waals surface area contributed by atoms with Gasteiger partial charge in [-0.1, -0.05) is 29.8 Å². The van der Waals surface area contributed by atoms with Crippen molar-refractivity contribution in [3.05, 3.63) is 58.6 Å². The van der Waals surface area contributed by atoms with E-state index in [0.717, 1.165) is 11.3 Å². The molecule has 1 heterocycles. The third-order valence-corrected chi connectivity index (χ3v) is 5.27. The molecule has 0 saturated heterocycles. The normalized spacial score (nSPS) is 16.4. The van der Waals surface area contributed by atoms with E-state index in [-0.39, 0.29) is 11.9 Å². The van der Waals surface area contributed by atoms with Gasteiger partial charge in [0.05, 0.1) is 29.8 Å². The van der Waals surface area contributed by atoms with Crippen molar-refractivity contribution in [2.75, 3.05) is 18.1 Å². The van der Waals surface area contributed by atoms with Crippen LogP contribution in [0.2, 0.25) is 5.02 Å². The topological polar surface area (TPSA) is 59.1 Å². The van der Waals surface area contributed by atoms with Gasteiger partial charge in [-0.05, 0) is 64.4 Å². The highest BCUT2D eigenvalue weighted by molar-refractivity contribution is 6.34. The molecule has 2 aromatic carbocycles. The zero-order valence-corrected chi connectivity index (χ0v) is 19.4. The van der Waals surface area contributed by atoms with Crippen LogP contribution < -0.4 is 9.64 Å². The van der Waals surface area contributed by atoms with Gasteiger partial charge in [-0.3, -0.25) is 9.69 Å². The van der Waals surface area contributed by atoms with Crippen molar-refractivity contribution in [2.45, 2.75) is 52.8 Å². The van der Waals surface area contributed by atoms with Crippen molar-refractivity contribution in [1.29, 1.82) is 0 Å². The van der Waals surface area contributed by atoms with Gasteiger partial charge in [0.1, 0.15) is 11.4 Å². The molecule has 0 saturated carbocycles. The Morgan fingerprint density at radius 1 is 1.16 bits per heavy atom. The molecule has 31 heavy (non-hydrogen) atoms. The first-order chi connectivity index (χ1) is 14.6. The molecule has 2 amide bonds. The van der Waals surface area contributed by atoms with Gasteiger partial charge in [-0.2, -0.15) is 0 Å². The maximum absolute atomic E-state index is 13.5. The molecular formula is C24H29ClN2O4. The quantitative estimate of drug-likeness (QED) is 0.625. The number of amides is 2. The third-order valence-electron chi connectivity index (χ3n) is 4.96. The molecule has 0 N–H and O–H groups in total. The second-order valence-electron chi connectivity index (χ2n) is 8.58. The summed E-state index contributed by atoms with van der Waals surface area (Å²) >= 11 is 6.42. The lowest BCUT2D eigenvalue weighted by molar-refractivity contribution is 0.0167. The number of nitrogens with zero attached hydrogens (tertiary/aromatic N) is 2. The molecule has 1 atom stereocenters. The van der Waals surface area contributed by atoms with E-state index in [4.69, 9.17) is 21.1 Å². The van der Waals surface area contributed by atoms with Crippen LogP contribution in [0.3, 0.4) is 0 Å². The first-order valence-electron chi connectivity index (χ1n) is 10.4. The summed E-state index contributed by atoms with van der Waals surface area (Å²) in [7, 11) is 0. The van der Waals surface area contributed by atoms with Gasteiger partial charge in [0.2, 0.25) is 0 Å². The number of para-hydroxylation sites is 1. The van der Waals surface area contributed by atoms with E-state index in [1.807, 2.05) is 58.9 Å². The van der Waals surface area contributed by atoms with E-state index in [0.29, 0.717) is 36.0 Å². The number of carbonyl (C=O) groups excluding carboxylic acids is 2. The van der Waals surface area contributed by atoms with Crippen LogP contribution in [0.15, 0.2) is 42.5 Å². The third kappa shape index (κ3) is 5.31. The minimum absolute atomic E-state index is 0.224. The van der Waals surface area contributed by atoms with Gasteiger partial charge in [0.25, 0.3) is 5.91 Å². The molecule has 0 aliphatic carbocycles. The number of hydrogen-bond donors (Lipinski definition) is 0. The number of ether oxygens (including phenoxy) is 2. The fourth-order valence-electron chi connectivity index (χ4n) is 3.54. The molecule has 3 rings (SSSR count). The van der Waals surface area contributed by atoms with Crippen molar-refractivity contribution < 1.29 is 19.1 Å². The fraction of sp³-hybridized carbons (Fsp3) is 0.417. The van der Waals surface area contributed by atoms with Gasteiger partial charge in [-0.25, -0.2) is 4.79 Å². The van der Waals surface area contributed by atoms with Crippen molar-refractivity contribution >= 4 is 29.3 Å². The van der Waals surface area contributed by atoms with E-state index in [1.165, 1.54) is 0 Å². The Bertz CT molecular complexity index is 970. The standard InChI is InChI=1S/C24H29ClN2O4/c1-6-30-18-11-12-19(20(25)13-18)22(28)27-14-16(2)26(23(29)31-24(3,4)5)15-17-9-7-8-10-21(17)27/h7-13,16H,6,14-15H2,1-5H3. The first kappa shape index (κ1) is 22.9. The zero-order valence-electron chi connectivity index (χ0n) is 18.6. The number of carbonyl (C=O) groups is 2. The van der Waals surface area contributed by atoms with Crippen molar-refractivity contribution in [3.8, 4) is 5.75 Å². The lowest BCUT2D eigenvalue weighted by Gasteiger charge is -2.31. The summed E-state index contributed by atoms with van der Waals surface area (Å²) < 4.78 is 11.1. The summed E-state index contributed by atoms with van der Waals surface area (Å²) in [6.45, 7) is 10.5. The molecule has 0 spiro atoms. The fourth-order valence-corrected chi connectivity index (χ4v) is 3.79. The Morgan fingerprint density at radius 2 is 1.87 bits per heavy atom. The lowest BCUT2D eigenvalue weighted by Crippen LogP contribution is -2.46. The van der Waals surface area contributed by atoms with E-state index in [1.54, 1.807) is 28.0 Å². The first-order valence-corrected chi connectivity index (χ1v) is 10.8. The van der Waals surface area contributed by atoms with Crippen LogP contribution in [0.4, 0.5) is 10.5 Å².